The average molecular weight is 452 g/mol. The molecule has 0 aromatic heterocycles. The van der Waals surface area contributed by atoms with E-state index < -0.39 is 5.66 Å². The van der Waals surface area contributed by atoms with Crippen LogP contribution in [-0.2, 0) is 9.59 Å². The van der Waals surface area contributed by atoms with Crippen molar-refractivity contribution in [2.45, 2.75) is 45.7 Å². The fraction of sp³-hybridized carbons (Fsp3) is 0.400. The SMILES string of the molecule is CCOc1ccc(NC(=O)CCN2C(=O)c3ccccc3N3C(=O)CCC23C)cc1OCC. The fourth-order valence-corrected chi connectivity index (χ4v) is 4.61. The highest BCUT2D eigenvalue weighted by atomic mass is 16.5. The second-order valence-electron chi connectivity index (χ2n) is 8.25. The standard InChI is InChI=1S/C25H29N3O5/c1-4-32-20-11-10-17(16-21(20)33-5-2)26-22(29)13-15-27-24(31)18-8-6-7-9-19(18)28-23(30)12-14-25(27,28)3/h6-11,16H,4-5,12-15H2,1-3H3,(H,26,29). The number of rotatable bonds is 8. The van der Waals surface area contributed by atoms with Gasteiger partial charge >= 0.3 is 0 Å². The largest absolute Gasteiger partial charge is 0.490 e. The number of hydrogen-bond donors (Lipinski definition) is 1. The number of nitrogens with zero attached hydrogens (tertiary/aromatic N) is 2. The Balaban J connectivity index is 1.49. The van der Waals surface area contributed by atoms with Crippen molar-refractivity contribution in [1.82, 2.24) is 4.90 Å². The summed E-state index contributed by atoms with van der Waals surface area (Å²) in [5.74, 6) is 0.783. The van der Waals surface area contributed by atoms with E-state index in [1.54, 1.807) is 46.2 Å². The molecule has 1 saturated heterocycles. The van der Waals surface area contributed by atoms with Gasteiger partial charge in [-0.25, -0.2) is 0 Å². The zero-order chi connectivity index (χ0) is 23.6. The number of para-hydroxylation sites is 1. The van der Waals surface area contributed by atoms with E-state index in [1.165, 1.54) is 0 Å². The highest BCUT2D eigenvalue weighted by Crippen LogP contribution is 2.44. The third-order valence-electron chi connectivity index (χ3n) is 6.14. The van der Waals surface area contributed by atoms with Gasteiger partial charge in [0.1, 0.15) is 5.66 Å². The van der Waals surface area contributed by atoms with Gasteiger partial charge in [-0.15, -0.1) is 0 Å². The van der Waals surface area contributed by atoms with E-state index in [0.717, 1.165) is 0 Å². The summed E-state index contributed by atoms with van der Waals surface area (Å²) >= 11 is 0. The fourth-order valence-electron chi connectivity index (χ4n) is 4.61. The summed E-state index contributed by atoms with van der Waals surface area (Å²) in [4.78, 5) is 42.1. The number of carbonyl (C=O) groups excluding carboxylic acids is 3. The molecule has 1 N–H and O–H groups in total. The molecular weight excluding hydrogens is 422 g/mol. The lowest BCUT2D eigenvalue weighted by molar-refractivity contribution is -0.117. The quantitative estimate of drug-likeness (QED) is 0.659. The Labute approximate surface area is 193 Å². The van der Waals surface area contributed by atoms with Crippen molar-refractivity contribution in [3.63, 3.8) is 0 Å². The third-order valence-corrected chi connectivity index (χ3v) is 6.14. The summed E-state index contributed by atoms with van der Waals surface area (Å²) in [7, 11) is 0. The highest BCUT2D eigenvalue weighted by Gasteiger charge is 2.52. The van der Waals surface area contributed by atoms with Crippen LogP contribution in [0.15, 0.2) is 42.5 Å². The molecule has 0 aliphatic carbocycles. The molecule has 2 aromatic carbocycles. The molecule has 2 heterocycles. The number of benzene rings is 2. The van der Waals surface area contributed by atoms with Gasteiger partial charge in [-0.3, -0.25) is 19.3 Å². The molecule has 2 aromatic rings. The molecule has 0 saturated carbocycles. The first-order chi connectivity index (χ1) is 15.9. The molecule has 0 spiro atoms. The molecule has 174 valence electrons. The first-order valence-corrected chi connectivity index (χ1v) is 11.3. The third kappa shape index (κ3) is 4.13. The van der Waals surface area contributed by atoms with Crippen LogP contribution in [0.4, 0.5) is 11.4 Å². The van der Waals surface area contributed by atoms with E-state index in [9.17, 15) is 14.4 Å². The molecule has 0 bridgehead atoms. The van der Waals surface area contributed by atoms with Crippen LogP contribution in [0.3, 0.4) is 0 Å². The molecule has 8 nitrogen and oxygen atoms in total. The molecule has 1 unspecified atom stereocenters. The van der Waals surface area contributed by atoms with Crippen LogP contribution < -0.4 is 19.7 Å². The van der Waals surface area contributed by atoms with E-state index >= 15 is 0 Å². The van der Waals surface area contributed by atoms with Crippen molar-refractivity contribution < 1.29 is 23.9 Å². The number of hydrogen-bond acceptors (Lipinski definition) is 5. The minimum absolute atomic E-state index is 0.00950. The van der Waals surface area contributed by atoms with E-state index in [-0.39, 0.29) is 30.7 Å². The minimum atomic E-state index is -0.774. The van der Waals surface area contributed by atoms with Gasteiger partial charge in [-0.1, -0.05) is 12.1 Å². The summed E-state index contributed by atoms with van der Waals surface area (Å²) in [6.07, 6.45) is 1.00. The molecule has 2 aliphatic heterocycles. The van der Waals surface area contributed by atoms with Crippen LogP contribution in [0.1, 0.15) is 50.4 Å². The molecule has 33 heavy (non-hydrogen) atoms. The smallest absolute Gasteiger partial charge is 0.257 e. The predicted molar refractivity (Wildman–Crippen MR) is 125 cm³/mol. The van der Waals surface area contributed by atoms with Crippen LogP contribution in [0, 0.1) is 0 Å². The highest BCUT2D eigenvalue weighted by molar-refractivity contribution is 6.10. The maximum atomic E-state index is 13.3. The Morgan fingerprint density at radius 2 is 1.79 bits per heavy atom. The molecule has 1 fully saturated rings. The van der Waals surface area contributed by atoms with Gasteiger partial charge in [-0.2, -0.15) is 0 Å². The Morgan fingerprint density at radius 3 is 2.55 bits per heavy atom. The number of nitrogens with one attached hydrogen (secondary N) is 1. The lowest BCUT2D eigenvalue weighted by atomic mass is 9.98. The number of amides is 3. The minimum Gasteiger partial charge on any atom is -0.490 e. The molecule has 3 amide bonds. The average Bonchev–Trinajstić information content (AvgIpc) is 3.11. The molecule has 0 radical (unpaired) electrons. The second kappa shape index (κ2) is 9.13. The van der Waals surface area contributed by atoms with Crippen LogP contribution >= 0.6 is 0 Å². The summed E-state index contributed by atoms with van der Waals surface area (Å²) in [5, 5.41) is 2.87. The van der Waals surface area contributed by atoms with Gasteiger partial charge in [0, 0.05) is 31.1 Å². The first kappa shape index (κ1) is 22.6. The van der Waals surface area contributed by atoms with Crippen molar-refractivity contribution in [2.24, 2.45) is 0 Å². The normalized spacial score (nSPS) is 19.2. The van der Waals surface area contributed by atoms with Gasteiger partial charge in [0.25, 0.3) is 5.91 Å². The van der Waals surface area contributed by atoms with Crippen LogP contribution in [0.25, 0.3) is 0 Å². The zero-order valence-corrected chi connectivity index (χ0v) is 19.2. The van der Waals surface area contributed by atoms with Gasteiger partial charge in [0.15, 0.2) is 11.5 Å². The van der Waals surface area contributed by atoms with Gasteiger partial charge in [0.2, 0.25) is 11.8 Å². The number of anilines is 2. The van der Waals surface area contributed by atoms with Crippen molar-refractivity contribution in [1.29, 1.82) is 0 Å². The summed E-state index contributed by atoms with van der Waals surface area (Å²) in [6.45, 7) is 6.86. The van der Waals surface area contributed by atoms with Gasteiger partial charge in [0.05, 0.1) is 24.5 Å². The number of ether oxygens (including phenoxy) is 2. The Hall–Kier alpha value is -3.55. The second-order valence-corrected chi connectivity index (χ2v) is 8.25. The Kier molecular flexibility index (Phi) is 6.26. The lowest BCUT2D eigenvalue weighted by Crippen LogP contribution is -2.62. The maximum Gasteiger partial charge on any atom is 0.257 e. The molecule has 4 rings (SSSR count). The molecule has 2 aliphatic rings. The monoisotopic (exact) mass is 451 g/mol. The van der Waals surface area contributed by atoms with Crippen LogP contribution in [0.2, 0.25) is 0 Å². The van der Waals surface area contributed by atoms with E-state index in [0.29, 0.717) is 54.5 Å². The zero-order valence-electron chi connectivity index (χ0n) is 19.2. The first-order valence-electron chi connectivity index (χ1n) is 11.3. The predicted octanol–water partition coefficient (Wildman–Crippen LogP) is 3.81. The van der Waals surface area contributed by atoms with Crippen LogP contribution in [-0.4, -0.2) is 48.0 Å². The van der Waals surface area contributed by atoms with Crippen molar-refractivity contribution in [3.8, 4) is 11.5 Å². The summed E-state index contributed by atoms with van der Waals surface area (Å²) in [5.41, 5.74) is 0.944. The summed E-state index contributed by atoms with van der Waals surface area (Å²) in [6, 6.07) is 12.4. The van der Waals surface area contributed by atoms with Gasteiger partial charge in [-0.05, 0) is 51.5 Å². The van der Waals surface area contributed by atoms with E-state index in [1.807, 2.05) is 26.8 Å². The Morgan fingerprint density at radius 1 is 1.06 bits per heavy atom. The van der Waals surface area contributed by atoms with Crippen LogP contribution in [0.5, 0.6) is 11.5 Å². The molecule has 8 heteroatoms. The Bertz CT molecular complexity index is 1090. The summed E-state index contributed by atoms with van der Waals surface area (Å²) < 4.78 is 11.2. The van der Waals surface area contributed by atoms with Gasteiger partial charge < -0.3 is 19.7 Å². The van der Waals surface area contributed by atoms with E-state index in [2.05, 4.69) is 5.32 Å². The van der Waals surface area contributed by atoms with Crippen molar-refractivity contribution in [3.05, 3.63) is 48.0 Å². The lowest BCUT2D eigenvalue weighted by Gasteiger charge is -2.48. The number of carbonyl (C=O) groups is 3. The molecular formula is C25H29N3O5. The van der Waals surface area contributed by atoms with E-state index in [4.69, 9.17) is 9.47 Å². The number of fused-ring (bicyclic) bond motifs is 3. The van der Waals surface area contributed by atoms with Crippen molar-refractivity contribution >= 4 is 29.1 Å². The maximum absolute atomic E-state index is 13.3. The van der Waals surface area contributed by atoms with Crippen molar-refractivity contribution in [2.75, 3.05) is 30.0 Å². The topological polar surface area (TPSA) is 88.2 Å². The molecule has 1 atom stereocenters.